The number of rotatable bonds is 4. The fraction of sp³-hybridized carbons (Fsp3) is 0.605. The number of hydrogen-bond donors (Lipinski definition) is 1. The van der Waals surface area contributed by atoms with Gasteiger partial charge in [0.2, 0.25) is 0 Å². The van der Waals surface area contributed by atoms with Crippen molar-refractivity contribution in [1.82, 2.24) is 14.5 Å². The molecule has 0 radical (unpaired) electrons. The molecule has 3 aliphatic heterocycles. The molecule has 2 aromatic rings. The van der Waals surface area contributed by atoms with Crippen LogP contribution in [0.2, 0.25) is 5.02 Å². The van der Waals surface area contributed by atoms with Crippen LogP contribution in [0.1, 0.15) is 50.7 Å². The second-order valence-corrected chi connectivity index (χ2v) is 17.5. The van der Waals surface area contributed by atoms with E-state index in [0.717, 1.165) is 82.1 Å². The van der Waals surface area contributed by atoms with Gasteiger partial charge in [-0.05, 0) is 106 Å². The molecule has 1 amide bonds. The van der Waals surface area contributed by atoms with Crippen LogP contribution in [0, 0.1) is 11.8 Å². The van der Waals surface area contributed by atoms with Crippen molar-refractivity contribution in [1.29, 1.82) is 0 Å². The largest absolute Gasteiger partial charge is 0.490 e. The maximum absolute atomic E-state index is 13.7. The number of likely N-dealkylation sites (N-methyl/N-ethyl adjacent to an activating group) is 1. The van der Waals surface area contributed by atoms with E-state index in [0.29, 0.717) is 31.4 Å². The molecule has 5 aliphatic rings. The van der Waals surface area contributed by atoms with E-state index >= 15 is 0 Å². The molecule has 1 saturated carbocycles. The summed E-state index contributed by atoms with van der Waals surface area (Å²) in [5.74, 6) is 0.538. The normalized spacial score (nSPS) is 30.0. The molecule has 2 aliphatic carbocycles. The first kappa shape index (κ1) is 35.7. The van der Waals surface area contributed by atoms with Gasteiger partial charge in [0.25, 0.3) is 15.9 Å². The number of ether oxygens (including phenoxy) is 3. The second kappa shape index (κ2) is 14.4. The molecule has 7 rings (SSSR count). The summed E-state index contributed by atoms with van der Waals surface area (Å²) in [5.41, 5.74) is 1.58. The van der Waals surface area contributed by atoms with Gasteiger partial charge in [0.15, 0.2) is 0 Å². The predicted octanol–water partition coefficient (Wildman–Crippen LogP) is 4.64. The van der Waals surface area contributed by atoms with Crippen molar-refractivity contribution in [3.63, 3.8) is 0 Å². The Morgan fingerprint density at radius 3 is 2.68 bits per heavy atom. The first-order valence-electron chi connectivity index (χ1n) is 18.1. The molecule has 1 saturated heterocycles. The molecule has 3 heterocycles. The van der Waals surface area contributed by atoms with Crippen molar-refractivity contribution in [2.75, 3.05) is 77.6 Å². The van der Waals surface area contributed by atoms with Crippen molar-refractivity contribution in [2.24, 2.45) is 11.8 Å². The number of aryl methyl sites for hydroxylation is 1. The van der Waals surface area contributed by atoms with Gasteiger partial charge in [-0.15, -0.1) is 0 Å². The summed E-state index contributed by atoms with van der Waals surface area (Å²) in [7, 11) is -2.03. The molecular weight excluding hydrogens is 676 g/mol. The molecule has 0 aromatic heterocycles. The Labute approximate surface area is 302 Å². The van der Waals surface area contributed by atoms with Crippen molar-refractivity contribution in [3.05, 3.63) is 64.7 Å². The Hall–Kier alpha value is -2.67. The fourth-order valence-corrected chi connectivity index (χ4v) is 9.64. The number of halogens is 1. The highest BCUT2D eigenvalue weighted by molar-refractivity contribution is 7.90. The van der Waals surface area contributed by atoms with Gasteiger partial charge in [0.1, 0.15) is 11.4 Å². The van der Waals surface area contributed by atoms with Gasteiger partial charge >= 0.3 is 0 Å². The maximum Gasteiger partial charge on any atom is 0.265 e. The van der Waals surface area contributed by atoms with E-state index in [2.05, 4.69) is 44.7 Å². The maximum atomic E-state index is 13.7. The van der Waals surface area contributed by atoms with Crippen molar-refractivity contribution < 1.29 is 27.4 Å². The molecule has 1 N–H and O–H groups in total. The summed E-state index contributed by atoms with van der Waals surface area (Å²) in [6.45, 7) is 11.0. The van der Waals surface area contributed by atoms with Crippen LogP contribution in [0.5, 0.6) is 5.75 Å². The summed E-state index contributed by atoms with van der Waals surface area (Å²) in [4.78, 5) is 20.5. The SMILES string of the molecule is CN1CCN(CCO[C@H]2C=CCOC(C)(C)C(=O)NS(=O)(=O)c3ccc4c(c3)N(C[C@@H]3CC[C@H]32)C[C@@]2(CCCc3cc(Cl)ccc32)CO4)CC1. The monoisotopic (exact) mass is 726 g/mol. The van der Waals surface area contributed by atoms with E-state index in [4.69, 9.17) is 25.8 Å². The van der Waals surface area contributed by atoms with Gasteiger partial charge in [-0.25, -0.2) is 13.1 Å². The molecule has 2 bridgehead atoms. The van der Waals surface area contributed by atoms with Crippen LogP contribution >= 0.6 is 11.6 Å². The second-order valence-electron chi connectivity index (χ2n) is 15.4. The highest BCUT2D eigenvalue weighted by Crippen LogP contribution is 2.47. The molecule has 4 atom stereocenters. The number of nitrogens with zero attached hydrogens (tertiary/aromatic N) is 3. The Morgan fingerprint density at radius 2 is 1.90 bits per heavy atom. The van der Waals surface area contributed by atoms with Crippen LogP contribution in [0.3, 0.4) is 0 Å². The Kier molecular flexibility index (Phi) is 10.3. The number of sulfonamides is 1. The average Bonchev–Trinajstić information content (AvgIpc) is 3.22. The lowest BCUT2D eigenvalue weighted by molar-refractivity contribution is -0.139. The minimum absolute atomic E-state index is 0.0167. The van der Waals surface area contributed by atoms with Crippen LogP contribution in [0.15, 0.2) is 53.4 Å². The lowest BCUT2D eigenvalue weighted by atomic mass is 9.68. The van der Waals surface area contributed by atoms with Gasteiger partial charge in [-0.3, -0.25) is 9.69 Å². The van der Waals surface area contributed by atoms with E-state index in [1.807, 2.05) is 12.1 Å². The number of amides is 1. The molecule has 1 spiro atoms. The summed E-state index contributed by atoms with van der Waals surface area (Å²) in [6, 6.07) is 11.1. The average molecular weight is 727 g/mol. The third-order valence-electron chi connectivity index (χ3n) is 11.6. The van der Waals surface area contributed by atoms with Gasteiger partial charge in [-0.2, -0.15) is 0 Å². The third-order valence-corrected chi connectivity index (χ3v) is 13.2. The van der Waals surface area contributed by atoms with Crippen LogP contribution < -0.4 is 14.4 Å². The van der Waals surface area contributed by atoms with E-state index < -0.39 is 21.5 Å². The molecule has 0 unspecified atom stereocenters. The zero-order valence-electron chi connectivity index (χ0n) is 29.5. The quantitative estimate of drug-likeness (QED) is 0.452. The zero-order valence-corrected chi connectivity index (χ0v) is 31.1. The molecule has 272 valence electrons. The van der Waals surface area contributed by atoms with Crippen molar-refractivity contribution >= 4 is 33.2 Å². The number of hydrogen-bond acceptors (Lipinski definition) is 9. The lowest BCUT2D eigenvalue weighted by Gasteiger charge is -2.46. The Morgan fingerprint density at radius 1 is 1.08 bits per heavy atom. The minimum Gasteiger partial charge on any atom is -0.490 e. The number of carbonyl (C=O) groups excluding carboxylic acids is 1. The van der Waals surface area contributed by atoms with Gasteiger partial charge in [0.05, 0.1) is 36.5 Å². The smallest absolute Gasteiger partial charge is 0.265 e. The standard InChI is InChI=1S/C38H51ClN4O6S/c1-37(2)36(44)40-50(45,46)30-10-13-35-33(23-30)43(25-38(26-48-35)14-4-6-27-22-29(39)9-12-32(27)38)24-28-8-11-31(28)34(7-5-20-49-37)47-21-19-42-17-15-41(3)16-18-42/h5,7,9-10,12-13,22-23,28,31,34H,4,6,8,11,14-21,24-26H2,1-3H3,(H,40,44)/t28-,31+,34-,38-/m0/s1. The molecule has 50 heavy (non-hydrogen) atoms. The molecular formula is C38H51ClN4O6S. The van der Waals surface area contributed by atoms with Crippen molar-refractivity contribution in [3.8, 4) is 5.75 Å². The number of anilines is 1. The molecule has 12 heteroatoms. The number of piperazine rings is 1. The van der Waals surface area contributed by atoms with Crippen LogP contribution in [0.25, 0.3) is 0 Å². The first-order chi connectivity index (χ1) is 23.9. The molecule has 2 aromatic carbocycles. The number of nitrogens with one attached hydrogen (secondary N) is 1. The van der Waals surface area contributed by atoms with E-state index in [1.54, 1.807) is 26.0 Å². The third kappa shape index (κ3) is 7.45. The summed E-state index contributed by atoms with van der Waals surface area (Å²) < 4.78 is 48.8. The van der Waals surface area contributed by atoms with Gasteiger partial charge < -0.3 is 24.0 Å². The Bertz CT molecular complexity index is 1710. The molecule has 2 fully saturated rings. The van der Waals surface area contributed by atoms with Gasteiger partial charge in [0, 0.05) is 56.3 Å². The number of benzene rings is 2. The molecule has 10 nitrogen and oxygen atoms in total. The predicted molar refractivity (Wildman–Crippen MR) is 195 cm³/mol. The van der Waals surface area contributed by atoms with Crippen molar-refractivity contribution in [2.45, 2.75) is 68.0 Å². The van der Waals surface area contributed by atoms with E-state index in [-0.39, 0.29) is 28.9 Å². The first-order valence-corrected chi connectivity index (χ1v) is 20.0. The minimum atomic E-state index is -4.19. The van der Waals surface area contributed by atoms with E-state index in [9.17, 15) is 13.2 Å². The number of carbonyl (C=O) groups is 1. The van der Waals surface area contributed by atoms with E-state index in [1.165, 1.54) is 17.2 Å². The lowest BCUT2D eigenvalue weighted by Crippen LogP contribution is -2.50. The number of fused-ring (bicyclic) bond motifs is 4. The topological polar surface area (TPSA) is 101 Å². The van der Waals surface area contributed by atoms with Crippen LogP contribution in [0.4, 0.5) is 5.69 Å². The summed E-state index contributed by atoms with van der Waals surface area (Å²) in [6.07, 6.45) is 8.96. The summed E-state index contributed by atoms with van der Waals surface area (Å²) >= 11 is 6.46. The van der Waals surface area contributed by atoms with Crippen LogP contribution in [-0.2, 0) is 36.1 Å². The van der Waals surface area contributed by atoms with Gasteiger partial charge in [-0.1, -0.05) is 29.8 Å². The zero-order chi connectivity index (χ0) is 35.1. The van der Waals surface area contributed by atoms with Crippen LogP contribution in [-0.4, -0.2) is 109 Å². The summed E-state index contributed by atoms with van der Waals surface area (Å²) in [5, 5.41) is 0.734. The fourth-order valence-electron chi connectivity index (χ4n) is 8.32. The highest BCUT2D eigenvalue weighted by Gasteiger charge is 2.45. The Balaban J connectivity index is 1.22. The highest BCUT2D eigenvalue weighted by atomic mass is 35.5.